The molecule has 1 aliphatic rings. The number of nitrogens with one attached hydrogen (secondary N) is 1. The first-order chi connectivity index (χ1) is 6.35. The van der Waals surface area contributed by atoms with Gasteiger partial charge in [-0.05, 0) is 25.2 Å². The molecule has 3 nitrogen and oxygen atoms in total. The Kier molecular flexibility index (Phi) is 2.91. The molecule has 2 atom stereocenters. The van der Waals surface area contributed by atoms with Crippen molar-refractivity contribution in [1.82, 2.24) is 5.32 Å². The van der Waals surface area contributed by atoms with E-state index in [1.807, 2.05) is 13.8 Å². The molecule has 1 aliphatic carbocycles. The van der Waals surface area contributed by atoms with Crippen LogP contribution in [-0.4, -0.2) is 18.5 Å². The average molecular weight is 198 g/mol. The van der Waals surface area contributed by atoms with Gasteiger partial charge in [0.2, 0.25) is 5.91 Å². The highest BCUT2D eigenvalue weighted by Crippen LogP contribution is 2.45. The van der Waals surface area contributed by atoms with Crippen LogP contribution in [0.3, 0.4) is 0 Å². The van der Waals surface area contributed by atoms with Crippen LogP contribution < -0.4 is 11.1 Å². The quantitative estimate of drug-likeness (QED) is 0.715. The second-order valence-corrected chi connectivity index (χ2v) is 5.34. The predicted molar refractivity (Wildman–Crippen MR) is 57.8 cm³/mol. The first kappa shape index (κ1) is 11.5. The van der Waals surface area contributed by atoms with E-state index in [0.29, 0.717) is 18.0 Å². The standard InChI is InChI=1S/C11H22N2O/c1-5-11(4,7-12)9(14)13-8-6-10(8,2)3/h8H,5-7,12H2,1-4H3,(H,13,14). The number of nitrogens with two attached hydrogens (primary N) is 1. The lowest BCUT2D eigenvalue weighted by Crippen LogP contribution is -2.45. The van der Waals surface area contributed by atoms with Gasteiger partial charge in [-0.2, -0.15) is 0 Å². The van der Waals surface area contributed by atoms with Gasteiger partial charge in [0.05, 0.1) is 5.41 Å². The molecule has 0 aliphatic heterocycles. The van der Waals surface area contributed by atoms with E-state index in [0.717, 1.165) is 12.8 Å². The van der Waals surface area contributed by atoms with E-state index < -0.39 is 5.41 Å². The molecule has 3 heteroatoms. The van der Waals surface area contributed by atoms with Gasteiger partial charge in [-0.1, -0.05) is 20.8 Å². The van der Waals surface area contributed by atoms with Crippen LogP contribution in [0.5, 0.6) is 0 Å². The summed E-state index contributed by atoms with van der Waals surface area (Å²) in [5, 5.41) is 3.07. The topological polar surface area (TPSA) is 55.1 Å². The smallest absolute Gasteiger partial charge is 0.227 e. The molecule has 0 saturated heterocycles. The summed E-state index contributed by atoms with van der Waals surface area (Å²) in [6, 6.07) is 0.354. The Morgan fingerprint density at radius 2 is 2.14 bits per heavy atom. The van der Waals surface area contributed by atoms with E-state index in [4.69, 9.17) is 5.73 Å². The number of hydrogen-bond acceptors (Lipinski definition) is 2. The molecular weight excluding hydrogens is 176 g/mol. The van der Waals surface area contributed by atoms with Crippen LogP contribution in [-0.2, 0) is 4.79 Å². The molecule has 0 bridgehead atoms. The Hall–Kier alpha value is -0.570. The van der Waals surface area contributed by atoms with E-state index in [-0.39, 0.29) is 5.91 Å². The Morgan fingerprint density at radius 3 is 2.43 bits per heavy atom. The van der Waals surface area contributed by atoms with Crippen LogP contribution in [0.1, 0.15) is 40.5 Å². The summed E-state index contributed by atoms with van der Waals surface area (Å²) < 4.78 is 0. The zero-order valence-electron chi connectivity index (χ0n) is 9.68. The maximum Gasteiger partial charge on any atom is 0.227 e. The van der Waals surface area contributed by atoms with Crippen LogP contribution in [0.2, 0.25) is 0 Å². The maximum atomic E-state index is 11.9. The van der Waals surface area contributed by atoms with Crippen molar-refractivity contribution in [1.29, 1.82) is 0 Å². The average Bonchev–Trinajstić information content (AvgIpc) is 2.72. The first-order valence-corrected chi connectivity index (χ1v) is 5.37. The molecule has 1 saturated carbocycles. The lowest BCUT2D eigenvalue weighted by molar-refractivity contribution is -0.130. The fourth-order valence-corrected chi connectivity index (χ4v) is 1.44. The molecule has 0 radical (unpaired) electrons. The zero-order chi connectivity index (χ0) is 11.0. The van der Waals surface area contributed by atoms with Crippen molar-refractivity contribution >= 4 is 5.91 Å². The molecule has 82 valence electrons. The Morgan fingerprint density at radius 1 is 1.64 bits per heavy atom. The van der Waals surface area contributed by atoms with Crippen molar-refractivity contribution in [2.24, 2.45) is 16.6 Å². The summed E-state index contributed by atoms with van der Waals surface area (Å²) in [6.07, 6.45) is 1.88. The van der Waals surface area contributed by atoms with Crippen molar-refractivity contribution in [2.75, 3.05) is 6.54 Å². The molecule has 2 unspecified atom stereocenters. The minimum atomic E-state index is -0.390. The minimum absolute atomic E-state index is 0.109. The molecule has 14 heavy (non-hydrogen) atoms. The van der Waals surface area contributed by atoms with Gasteiger partial charge in [0.15, 0.2) is 0 Å². The number of amides is 1. The maximum absolute atomic E-state index is 11.9. The van der Waals surface area contributed by atoms with Gasteiger partial charge in [-0.25, -0.2) is 0 Å². The van der Waals surface area contributed by atoms with Crippen LogP contribution in [0.15, 0.2) is 0 Å². The van der Waals surface area contributed by atoms with Crippen LogP contribution in [0, 0.1) is 10.8 Å². The molecule has 1 fully saturated rings. The molecule has 1 rings (SSSR count). The molecule has 0 aromatic rings. The van der Waals surface area contributed by atoms with Crippen molar-refractivity contribution in [3.63, 3.8) is 0 Å². The number of carbonyl (C=O) groups excluding carboxylic acids is 1. The van der Waals surface area contributed by atoms with Gasteiger partial charge in [0.1, 0.15) is 0 Å². The lowest BCUT2D eigenvalue weighted by atomic mass is 9.86. The van der Waals surface area contributed by atoms with Crippen molar-refractivity contribution < 1.29 is 4.79 Å². The molecule has 0 aromatic heterocycles. The van der Waals surface area contributed by atoms with Gasteiger partial charge in [-0.3, -0.25) is 4.79 Å². The van der Waals surface area contributed by atoms with Crippen molar-refractivity contribution in [3.8, 4) is 0 Å². The van der Waals surface area contributed by atoms with Gasteiger partial charge in [0.25, 0.3) is 0 Å². The number of hydrogen-bond donors (Lipinski definition) is 2. The van der Waals surface area contributed by atoms with Gasteiger partial charge in [0, 0.05) is 12.6 Å². The van der Waals surface area contributed by atoms with E-state index in [1.165, 1.54) is 0 Å². The normalized spacial score (nSPS) is 27.9. The number of rotatable bonds is 4. The molecule has 1 amide bonds. The molecule has 0 heterocycles. The second kappa shape index (κ2) is 3.54. The Labute approximate surface area is 86.4 Å². The summed E-state index contributed by atoms with van der Waals surface area (Å²) in [4.78, 5) is 11.9. The Bertz CT molecular complexity index is 231. The van der Waals surface area contributed by atoms with Crippen LogP contribution >= 0.6 is 0 Å². The molecule has 3 N–H and O–H groups in total. The van der Waals surface area contributed by atoms with Crippen LogP contribution in [0.25, 0.3) is 0 Å². The number of carbonyl (C=O) groups is 1. The lowest BCUT2D eigenvalue weighted by Gasteiger charge is -2.25. The summed E-state index contributed by atoms with van der Waals surface area (Å²) >= 11 is 0. The monoisotopic (exact) mass is 198 g/mol. The second-order valence-electron chi connectivity index (χ2n) is 5.34. The van der Waals surface area contributed by atoms with E-state index in [9.17, 15) is 4.79 Å². The van der Waals surface area contributed by atoms with Gasteiger partial charge in [-0.15, -0.1) is 0 Å². The van der Waals surface area contributed by atoms with E-state index in [2.05, 4.69) is 19.2 Å². The Balaban J connectivity index is 2.50. The largest absolute Gasteiger partial charge is 0.352 e. The zero-order valence-corrected chi connectivity index (χ0v) is 9.68. The fourth-order valence-electron chi connectivity index (χ4n) is 1.44. The predicted octanol–water partition coefficient (Wildman–Crippen LogP) is 1.28. The van der Waals surface area contributed by atoms with Gasteiger partial charge < -0.3 is 11.1 Å². The summed E-state index contributed by atoms with van der Waals surface area (Å²) in [5.41, 5.74) is 5.52. The molecule has 0 aromatic carbocycles. The van der Waals surface area contributed by atoms with Crippen molar-refractivity contribution in [2.45, 2.75) is 46.6 Å². The van der Waals surface area contributed by atoms with E-state index in [1.54, 1.807) is 0 Å². The van der Waals surface area contributed by atoms with Crippen molar-refractivity contribution in [3.05, 3.63) is 0 Å². The highest BCUT2D eigenvalue weighted by Gasteiger charge is 2.48. The third-order valence-corrected chi connectivity index (χ3v) is 3.60. The summed E-state index contributed by atoms with van der Waals surface area (Å²) in [6.45, 7) is 8.69. The molecule has 0 spiro atoms. The highest BCUT2D eigenvalue weighted by atomic mass is 16.2. The minimum Gasteiger partial charge on any atom is -0.352 e. The summed E-state index contributed by atoms with van der Waals surface area (Å²) in [7, 11) is 0. The third kappa shape index (κ3) is 2.08. The van der Waals surface area contributed by atoms with Crippen LogP contribution in [0.4, 0.5) is 0 Å². The third-order valence-electron chi connectivity index (χ3n) is 3.60. The fraction of sp³-hybridized carbons (Fsp3) is 0.909. The van der Waals surface area contributed by atoms with E-state index >= 15 is 0 Å². The van der Waals surface area contributed by atoms with Gasteiger partial charge >= 0.3 is 0 Å². The molecular formula is C11H22N2O. The summed E-state index contributed by atoms with van der Waals surface area (Å²) in [5.74, 6) is 0.109. The first-order valence-electron chi connectivity index (χ1n) is 5.37. The SMILES string of the molecule is CCC(C)(CN)C(=O)NC1CC1(C)C. The highest BCUT2D eigenvalue weighted by molar-refractivity contribution is 5.83.